The summed E-state index contributed by atoms with van der Waals surface area (Å²) in [6, 6.07) is 28.1. The predicted octanol–water partition coefficient (Wildman–Crippen LogP) is 12.9. The summed E-state index contributed by atoms with van der Waals surface area (Å²) < 4.78 is 0. The molecule has 4 aromatic rings. The van der Waals surface area contributed by atoms with Gasteiger partial charge in [-0.05, 0) is 86.8 Å². The van der Waals surface area contributed by atoms with E-state index >= 15 is 0 Å². The Morgan fingerprint density at radius 2 is 0.794 bits per heavy atom. The van der Waals surface area contributed by atoms with Gasteiger partial charge in [-0.15, -0.1) is 93.5 Å². The van der Waals surface area contributed by atoms with Crippen LogP contribution < -0.4 is 35.4 Å². The fraction of sp³-hybridized carbons (Fsp3) is 0.581. The Balaban J connectivity index is 0.000000251. The first kappa shape index (κ1) is 61.8. The van der Waals surface area contributed by atoms with Crippen molar-refractivity contribution >= 4 is 48.0 Å². The summed E-state index contributed by atoms with van der Waals surface area (Å²) in [6.07, 6.45) is 52.5. The van der Waals surface area contributed by atoms with E-state index in [0.29, 0.717) is 0 Å². The predicted molar refractivity (Wildman–Crippen MR) is 289 cm³/mol. The summed E-state index contributed by atoms with van der Waals surface area (Å²) in [6.45, 7) is 9.02. The van der Waals surface area contributed by atoms with Gasteiger partial charge in [0.2, 0.25) is 0 Å². The molecule has 10 rings (SSSR count). The van der Waals surface area contributed by atoms with Crippen molar-refractivity contribution in [3.05, 3.63) is 120 Å². The van der Waals surface area contributed by atoms with E-state index in [9.17, 15) is 0 Å². The van der Waals surface area contributed by atoms with Crippen LogP contribution in [0.4, 0.5) is 0 Å². The fourth-order valence-corrected chi connectivity index (χ4v) is 19.9. The Kier molecular flexibility index (Phi) is 31.0. The Bertz CT molecular complexity index is 1820. The third-order valence-electron chi connectivity index (χ3n) is 15.6. The summed E-state index contributed by atoms with van der Waals surface area (Å²) in [7, 11) is 0.122. The minimum Gasteiger partial charge on any atom is -1.00 e. The van der Waals surface area contributed by atoms with Gasteiger partial charge in [-0.25, -0.2) is 23.3 Å². The van der Waals surface area contributed by atoms with E-state index in [1.165, 1.54) is 187 Å². The molecule has 6 aliphatic carbocycles. The second-order valence-electron chi connectivity index (χ2n) is 20.5. The molecule has 0 nitrogen and oxygen atoms in total. The van der Waals surface area contributed by atoms with Gasteiger partial charge in [-0.3, -0.25) is 12.2 Å². The molecule has 6 aliphatic rings. The number of benzene rings is 2. The van der Waals surface area contributed by atoms with E-state index in [1.54, 1.807) is 10.6 Å². The minimum atomic E-state index is 0. The second kappa shape index (κ2) is 34.1. The van der Waals surface area contributed by atoms with Gasteiger partial charge in [0, 0.05) is 0 Å². The maximum Gasteiger partial charge on any atom is 2.00 e. The van der Waals surface area contributed by atoms with E-state index in [4.69, 9.17) is 0 Å². The molecule has 368 valence electrons. The third kappa shape index (κ3) is 18.5. The van der Waals surface area contributed by atoms with Crippen LogP contribution in [0.3, 0.4) is 0 Å². The van der Waals surface area contributed by atoms with E-state index in [0.717, 1.165) is 47.3 Å². The minimum absolute atomic E-state index is 0. The van der Waals surface area contributed by atoms with Gasteiger partial charge in [0.25, 0.3) is 0 Å². The third-order valence-corrected chi connectivity index (χ3v) is 22.5. The van der Waals surface area contributed by atoms with Crippen molar-refractivity contribution in [2.75, 3.05) is 0 Å². The summed E-state index contributed by atoms with van der Waals surface area (Å²) in [4.78, 5) is 0. The van der Waals surface area contributed by atoms with Crippen LogP contribution in [0.15, 0.2) is 108 Å². The van der Waals surface area contributed by atoms with Crippen molar-refractivity contribution < 1.29 is 68.2 Å². The molecule has 2 atom stereocenters. The number of fused-ring (bicyclic) bond motifs is 2. The second-order valence-corrected chi connectivity index (χ2v) is 26.1. The molecule has 6 heteroatoms. The molecular formula is C62H86Cl2P2Ti2-2. The molecular weight excluding hydrogens is 973 g/mol. The Hall–Kier alpha value is -0.511. The van der Waals surface area contributed by atoms with Gasteiger partial charge in [0.05, 0.1) is 0 Å². The zero-order valence-corrected chi connectivity index (χ0v) is 49.2. The SMILES string of the molecule is CCCC(C)C1=[C-]CC=C1.CCCC(C)C1=[C-]CC=C1.[Cl-].[Cl-].[Ti+2].[Ti+2].c1ccc2[cH-]c(P(C3CCCCC3)C3CCCCC3)cc2c1.c1ccc2[cH-]c(P(C3CCCCC3)C3CCCCC3)cc2c1. The molecule has 4 saturated carbocycles. The van der Waals surface area contributed by atoms with Crippen molar-refractivity contribution in [3.8, 4) is 0 Å². The molecule has 4 aromatic carbocycles. The zero-order valence-electron chi connectivity index (χ0n) is 42.7. The molecule has 0 aliphatic heterocycles. The Labute approximate surface area is 461 Å². The monoisotopic (exact) mass is 1060 g/mol. The average molecular weight is 1060 g/mol. The van der Waals surface area contributed by atoms with E-state index in [1.807, 2.05) is 0 Å². The smallest absolute Gasteiger partial charge is 1.00 e. The standard InChI is InChI=1S/2C21H28P.2C10H15.2ClH.2Ti/c2*1-3-11-19(12-4-1)22(20-13-5-2-6-14-20)21-15-17-9-7-8-10-18(17)16-21;2*1-3-6-9(2)10-7-4-5-8-10;;;;/h2*7-10,15-16,19-20H,1-6,11-14H2;2*4,7,9H,3,5-6H2,1-2H3;2*1H;;/q4*-1;;;2*+2/p-2. The molecule has 2 unspecified atom stereocenters. The van der Waals surface area contributed by atoms with Crippen molar-refractivity contribution in [2.45, 2.75) is 217 Å². The average Bonchev–Trinajstić information content (AvgIpc) is 4.20. The molecule has 0 aromatic heterocycles. The van der Waals surface area contributed by atoms with Crippen molar-refractivity contribution in [1.82, 2.24) is 0 Å². The van der Waals surface area contributed by atoms with E-state index in [2.05, 4.69) is 137 Å². The van der Waals surface area contributed by atoms with Crippen LogP contribution in [0.25, 0.3) is 21.5 Å². The summed E-state index contributed by atoms with van der Waals surface area (Å²) in [5, 5.41) is 9.34. The van der Waals surface area contributed by atoms with E-state index in [-0.39, 0.29) is 84.1 Å². The van der Waals surface area contributed by atoms with Crippen molar-refractivity contribution in [1.29, 1.82) is 0 Å². The number of hydrogen-bond donors (Lipinski definition) is 0. The van der Waals surface area contributed by atoms with Gasteiger partial charge in [0.15, 0.2) is 0 Å². The maximum atomic E-state index is 3.35. The molecule has 0 amide bonds. The van der Waals surface area contributed by atoms with Crippen LogP contribution in [0.5, 0.6) is 0 Å². The fourth-order valence-electron chi connectivity index (χ4n) is 12.1. The first-order chi connectivity index (χ1) is 31.5. The Morgan fingerprint density at radius 1 is 0.485 bits per heavy atom. The molecule has 4 fully saturated rings. The zero-order chi connectivity index (χ0) is 44.4. The van der Waals surface area contributed by atoms with Gasteiger partial charge in [-0.2, -0.15) is 24.3 Å². The van der Waals surface area contributed by atoms with Crippen LogP contribution >= 0.6 is 15.8 Å². The number of hydrogen-bond acceptors (Lipinski definition) is 0. The van der Waals surface area contributed by atoms with E-state index < -0.39 is 0 Å². The summed E-state index contributed by atoms with van der Waals surface area (Å²) in [5.74, 6) is 1.45. The van der Waals surface area contributed by atoms with Crippen LogP contribution in [0, 0.1) is 24.0 Å². The normalized spacial score (nSPS) is 19.7. The van der Waals surface area contributed by atoms with Gasteiger partial charge < -0.3 is 24.8 Å². The molecule has 0 N–H and O–H groups in total. The molecule has 0 spiro atoms. The van der Waals surface area contributed by atoms with Crippen molar-refractivity contribution in [3.63, 3.8) is 0 Å². The molecule has 0 radical (unpaired) electrons. The first-order valence-corrected chi connectivity index (χ1v) is 29.9. The van der Waals surface area contributed by atoms with Crippen LogP contribution in [0.2, 0.25) is 0 Å². The summed E-state index contributed by atoms with van der Waals surface area (Å²) in [5.41, 5.74) is 6.91. The number of allylic oxidation sites excluding steroid dienone is 8. The van der Waals surface area contributed by atoms with Gasteiger partial charge in [-0.1, -0.05) is 157 Å². The molecule has 0 saturated heterocycles. The summed E-state index contributed by atoms with van der Waals surface area (Å²) >= 11 is 0. The van der Waals surface area contributed by atoms with Gasteiger partial charge in [0.1, 0.15) is 0 Å². The van der Waals surface area contributed by atoms with Crippen molar-refractivity contribution in [2.24, 2.45) is 11.8 Å². The first-order valence-electron chi connectivity index (χ1n) is 26.9. The number of halogens is 2. The molecule has 68 heavy (non-hydrogen) atoms. The molecule has 0 heterocycles. The number of rotatable bonds is 12. The quantitative estimate of drug-likeness (QED) is 0.0754. The Morgan fingerprint density at radius 3 is 1.06 bits per heavy atom. The van der Waals surface area contributed by atoms with Gasteiger partial charge >= 0.3 is 43.4 Å². The maximum absolute atomic E-state index is 3.35. The van der Waals surface area contributed by atoms with Crippen LogP contribution in [0.1, 0.15) is 195 Å². The van der Waals surface area contributed by atoms with Crippen LogP contribution in [-0.2, 0) is 43.4 Å². The topological polar surface area (TPSA) is 0 Å². The molecule has 0 bridgehead atoms. The van der Waals surface area contributed by atoms with Crippen LogP contribution in [-0.4, -0.2) is 22.6 Å². The largest absolute Gasteiger partial charge is 2.00 e.